The van der Waals surface area contributed by atoms with E-state index in [1.165, 1.54) is 7.11 Å². The van der Waals surface area contributed by atoms with E-state index < -0.39 is 0 Å². The van der Waals surface area contributed by atoms with Crippen molar-refractivity contribution in [1.82, 2.24) is 0 Å². The van der Waals surface area contributed by atoms with Crippen LogP contribution in [0.2, 0.25) is 0 Å². The zero-order chi connectivity index (χ0) is 11.4. The maximum Gasteiger partial charge on any atom is 0.338 e. The minimum atomic E-state index is -0.374. The fourth-order valence-corrected chi connectivity index (χ4v) is 1.57. The zero-order valence-electron chi connectivity index (χ0n) is 9.13. The summed E-state index contributed by atoms with van der Waals surface area (Å²) in [4.78, 5) is 11.6. The molecule has 0 saturated carbocycles. The van der Waals surface area contributed by atoms with Gasteiger partial charge in [0.1, 0.15) is 0 Å². The molecule has 0 bridgehead atoms. The molecule has 1 rings (SSSR count). The third kappa shape index (κ3) is 1.99. The van der Waals surface area contributed by atoms with E-state index in [2.05, 4.69) is 6.07 Å². The molecule has 0 atom stereocenters. The summed E-state index contributed by atoms with van der Waals surface area (Å²) in [5, 5.41) is 8.86. The highest BCUT2D eigenvalue weighted by Crippen LogP contribution is 2.19. The molecule has 1 aromatic carbocycles. The van der Waals surface area contributed by atoms with Crippen molar-refractivity contribution >= 4 is 5.97 Å². The number of aryl methyl sites for hydroxylation is 1. The van der Waals surface area contributed by atoms with Gasteiger partial charge in [0, 0.05) is 0 Å². The van der Waals surface area contributed by atoms with E-state index in [0.717, 1.165) is 12.0 Å². The average molecular weight is 203 g/mol. The molecule has 0 aliphatic rings. The number of carbonyl (C=O) groups is 1. The summed E-state index contributed by atoms with van der Waals surface area (Å²) >= 11 is 0. The predicted octanol–water partition coefficient (Wildman–Crippen LogP) is 2.22. The van der Waals surface area contributed by atoms with Gasteiger partial charge in [-0.05, 0) is 30.5 Å². The summed E-state index contributed by atoms with van der Waals surface area (Å²) in [6.07, 6.45) is 0.747. The molecule has 78 valence electrons. The Labute approximate surface area is 89.3 Å². The smallest absolute Gasteiger partial charge is 0.338 e. The monoisotopic (exact) mass is 203 g/mol. The lowest BCUT2D eigenvalue weighted by atomic mass is 9.96. The fraction of sp³-hybridized carbons (Fsp3) is 0.333. The number of nitrogens with zero attached hydrogens (tertiary/aromatic N) is 1. The number of ether oxygens (including phenoxy) is 1. The van der Waals surface area contributed by atoms with Crippen molar-refractivity contribution in [2.75, 3.05) is 7.11 Å². The number of rotatable bonds is 2. The van der Waals surface area contributed by atoms with Gasteiger partial charge in [0.15, 0.2) is 0 Å². The highest BCUT2D eigenvalue weighted by Gasteiger charge is 2.16. The van der Waals surface area contributed by atoms with Crippen LogP contribution in [0, 0.1) is 18.3 Å². The van der Waals surface area contributed by atoms with Crippen molar-refractivity contribution in [1.29, 1.82) is 5.26 Å². The summed E-state index contributed by atoms with van der Waals surface area (Å²) in [6.45, 7) is 3.73. The second-order valence-electron chi connectivity index (χ2n) is 3.23. The Morgan fingerprint density at radius 3 is 2.67 bits per heavy atom. The Kier molecular flexibility index (Phi) is 3.46. The lowest BCUT2D eigenvalue weighted by Crippen LogP contribution is -2.09. The number of nitriles is 1. The van der Waals surface area contributed by atoms with Gasteiger partial charge in [-0.15, -0.1) is 0 Å². The topological polar surface area (TPSA) is 50.1 Å². The molecular formula is C12H13NO2. The second-order valence-corrected chi connectivity index (χ2v) is 3.23. The molecule has 0 fully saturated rings. The lowest BCUT2D eigenvalue weighted by molar-refractivity contribution is 0.0598. The predicted molar refractivity (Wildman–Crippen MR) is 56.6 cm³/mol. The number of hydrogen-bond donors (Lipinski definition) is 0. The van der Waals surface area contributed by atoms with Gasteiger partial charge in [-0.3, -0.25) is 0 Å². The first-order valence-electron chi connectivity index (χ1n) is 4.76. The number of methoxy groups -OCH3 is 1. The highest BCUT2D eigenvalue weighted by molar-refractivity contribution is 5.93. The van der Waals surface area contributed by atoms with Crippen molar-refractivity contribution in [3.05, 3.63) is 34.4 Å². The lowest BCUT2D eigenvalue weighted by Gasteiger charge is -2.10. The summed E-state index contributed by atoms with van der Waals surface area (Å²) in [5.74, 6) is -0.374. The third-order valence-electron chi connectivity index (χ3n) is 2.44. The minimum Gasteiger partial charge on any atom is -0.465 e. The molecule has 0 saturated heterocycles. The minimum absolute atomic E-state index is 0.374. The Hall–Kier alpha value is -1.82. The molecule has 0 radical (unpaired) electrons. The van der Waals surface area contributed by atoms with Gasteiger partial charge >= 0.3 is 5.97 Å². The van der Waals surface area contributed by atoms with Gasteiger partial charge in [0.2, 0.25) is 0 Å². The fourth-order valence-electron chi connectivity index (χ4n) is 1.57. The SMILES string of the molecule is CCc1ccc(C#N)c(C)c1C(=O)OC. The quantitative estimate of drug-likeness (QED) is 0.692. The summed E-state index contributed by atoms with van der Waals surface area (Å²) < 4.78 is 4.71. The van der Waals surface area contributed by atoms with Crippen molar-refractivity contribution in [3.63, 3.8) is 0 Å². The van der Waals surface area contributed by atoms with Gasteiger partial charge in [0.05, 0.1) is 24.3 Å². The van der Waals surface area contributed by atoms with Crippen LogP contribution in [0.3, 0.4) is 0 Å². The largest absolute Gasteiger partial charge is 0.465 e. The molecule has 0 heterocycles. The van der Waals surface area contributed by atoms with Gasteiger partial charge in [0.25, 0.3) is 0 Å². The summed E-state index contributed by atoms with van der Waals surface area (Å²) in [6, 6.07) is 5.60. The zero-order valence-corrected chi connectivity index (χ0v) is 9.13. The van der Waals surface area contributed by atoms with E-state index in [9.17, 15) is 4.79 Å². The van der Waals surface area contributed by atoms with E-state index in [0.29, 0.717) is 16.7 Å². The van der Waals surface area contributed by atoms with Gasteiger partial charge < -0.3 is 4.74 Å². The maximum atomic E-state index is 11.6. The van der Waals surface area contributed by atoms with Crippen LogP contribution in [-0.2, 0) is 11.2 Å². The van der Waals surface area contributed by atoms with Crippen LogP contribution in [0.5, 0.6) is 0 Å². The first-order valence-corrected chi connectivity index (χ1v) is 4.76. The van der Waals surface area contributed by atoms with E-state index in [1.807, 2.05) is 6.92 Å². The van der Waals surface area contributed by atoms with E-state index in [-0.39, 0.29) is 5.97 Å². The molecule has 3 nitrogen and oxygen atoms in total. The normalized spacial score (nSPS) is 9.47. The van der Waals surface area contributed by atoms with Crippen LogP contribution in [-0.4, -0.2) is 13.1 Å². The van der Waals surface area contributed by atoms with Gasteiger partial charge in [-0.1, -0.05) is 13.0 Å². The molecular weight excluding hydrogens is 190 g/mol. The number of hydrogen-bond acceptors (Lipinski definition) is 3. The first kappa shape index (κ1) is 11.3. The van der Waals surface area contributed by atoms with Crippen LogP contribution in [0.15, 0.2) is 12.1 Å². The highest BCUT2D eigenvalue weighted by atomic mass is 16.5. The van der Waals surface area contributed by atoms with Crippen LogP contribution in [0.4, 0.5) is 0 Å². The average Bonchev–Trinajstić information content (AvgIpc) is 2.27. The Bertz CT molecular complexity index is 430. The summed E-state index contributed by atoms with van der Waals surface area (Å²) in [5.41, 5.74) is 2.66. The number of carbonyl (C=O) groups excluding carboxylic acids is 1. The maximum absolute atomic E-state index is 11.6. The van der Waals surface area contributed by atoms with Crippen LogP contribution in [0.25, 0.3) is 0 Å². The molecule has 1 aromatic rings. The van der Waals surface area contributed by atoms with Crippen LogP contribution >= 0.6 is 0 Å². The van der Waals surface area contributed by atoms with Crippen molar-refractivity contribution in [2.24, 2.45) is 0 Å². The first-order chi connectivity index (χ1) is 7.15. The van der Waals surface area contributed by atoms with E-state index in [1.54, 1.807) is 19.1 Å². The van der Waals surface area contributed by atoms with Crippen molar-refractivity contribution < 1.29 is 9.53 Å². The number of benzene rings is 1. The van der Waals surface area contributed by atoms with Gasteiger partial charge in [-0.2, -0.15) is 5.26 Å². The molecule has 0 aromatic heterocycles. The molecule has 3 heteroatoms. The van der Waals surface area contributed by atoms with E-state index >= 15 is 0 Å². The standard InChI is InChI=1S/C12H13NO2/c1-4-9-5-6-10(7-13)8(2)11(9)12(14)15-3/h5-6H,4H2,1-3H3. The van der Waals surface area contributed by atoms with Crippen LogP contribution < -0.4 is 0 Å². The second kappa shape index (κ2) is 4.61. The molecule has 0 aliphatic heterocycles. The summed E-state index contributed by atoms with van der Waals surface area (Å²) in [7, 11) is 1.35. The number of esters is 1. The Morgan fingerprint density at radius 2 is 2.20 bits per heavy atom. The molecule has 0 aliphatic carbocycles. The van der Waals surface area contributed by atoms with E-state index in [4.69, 9.17) is 10.00 Å². The molecule has 0 unspecified atom stereocenters. The van der Waals surface area contributed by atoms with Crippen molar-refractivity contribution in [3.8, 4) is 6.07 Å². The Morgan fingerprint density at radius 1 is 1.53 bits per heavy atom. The van der Waals surface area contributed by atoms with Gasteiger partial charge in [-0.25, -0.2) is 4.79 Å². The third-order valence-corrected chi connectivity index (χ3v) is 2.44. The van der Waals surface area contributed by atoms with Crippen LogP contribution in [0.1, 0.15) is 34.0 Å². The molecule has 15 heavy (non-hydrogen) atoms. The molecule has 0 amide bonds. The molecule has 0 spiro atoms. The Balaban J connectivity index is 3.44. The molecule has 0 N–H and O–H groups in total. The van der Waals surface area contributed by atoms with Crippen molar-refractivity contribution in [2.45, 2.75) is 20.3 Å².